The fourth-order valence-corrected chi connectivity index (χ4v) is 2.20. The molecule has 1 atom stereocenters. The molecule has 0 N–H and O–H groups in total. The van der Waals surface area contributed by atoms with E-state index in [1.807, 2.05) is 26.0 Å². The molecule has 2 heterocycles. The average molecular weight is 249 g/mol. The van der Waals surface area contributed by atoms with Crippen LogP contribution in [0.5, 0.6) is 0 Å². The van der Waals surface area contributed by atoms with Gasteiger partial charge in [0.25, 0.3) is 0 Å². The van der Waals surface area contributed by atoms with Crippen molar-refractivity contribution in [1.29, 1.82) is 0 Å². The van der Waals surface area contributed by atoms with Crippen molar-refractivity contribution in [3.05, 3.63) is 17.8 Å². The second kappa shape index (κ2) is 5.80. The summed E-state index contributed by atoms with van der Waals surface area (Å²) in [5.41, 5.74) is 0.901. The third-order valence-electron chi connectivity index (χ3n) is 3.15. The Morgan fingerprint density at radius 3 is 3.00 bits per heavy atom. The Bertz CT molecular complexity index is 405. The molecule has 1 aliphatic rings. The molecule has 1 saturated heterocycles. The van der Waals surface area contributed by atoms with Crippen molar-refractivity contribution in [2.75, 3.05) is 24.6 Å². The van der Waals surface area contributed by atoms with E-state index in [-0.39, 0.29) is 11.9 Å². The van der Waals surface area contributed by atoms with Crippen molar-refractivity contribution in [3.63, 3.8) is 0 Å². The summed E-state index contributed by atoms with van der Waals surface area (Å²) in [5.74, 6) is 0.707. The second-order valence-electron chi connectivity index (χ2n) is 4.57. The monoisotopic (exact) mass is 249 g/mol. The highest BCUT2D eigenvalue weighted by molar-refractivity contribution is 5.73. The highest BCUT2D eigenvalue weighted by atomic mass is 16.5. The van der Waals surface area contributed by atoms with Gasteiger partial charge in [-0.05, 0) is 38.8 Å². The van der Waals surface area contributed by atoms with Crippen LogP contribution in [0, 0.1) is 12.8 Å². The van der Waals surface area contributed by atoms with E-state index in [1.54, 1.807) is 0 Å². The van der Waals surface area contributed by atoms with Crippen LogP contribution in [-0.2, 0) is 9.53 Å². The standard InChI is InChI=1S/C13H19N3O2/c1-3-18-13(17)11-5-4-8-16(9-11)12-7-6-10(2)14-15-12/h6-7,11H,3-5,8-9H2,1-2H3. The van der Waals surface area contributed by atoms with Gasteiger partial charge in [0, 0.05) is 13.1 Å². The Labute approximate surface area is 107 Å². The molecule has 2 rings (SSSR count). The quantitative estimate of drug-likeness (QED) is 0.761. The molecule has 98 valence electrons. The van der Waals surface area contributed by atoms with Gasteiger partial charge in [0.1, 0.15) is 0 Å². The fourth-order valence-electron chi connectivity index (χ4n) is 2.20. The summed E-state index contributed by atoms with van der Waals surface area (Å²) < 4.78 is 5.08. The van der Waals surface area contributed by atoms with Crippen LogP contribution in [0.15, 0.2) is 12.1 Å². The number of carbonyl (C=O) groups is 1. The number of hydrogen-bond acceptors (Lipinski definition) is 5. The first-order chi connectivity index (χ1) is 8.70. The van der Waals surface area contributed by atoms with Crippen LogP contribution in [0.2, 0.25) is 0 Å². The molecule has 5 heteroatoms. The van der Waals surface area contributed by atoms with Crippen molar-refractivity contribution < 1.29 is 9.53 Å². The van der Waals surface area contributed by atoms with E-state index in [1.165, 1.54) is 0 Å². The first-order valence-corrected chi connectivity index (χ1v) is 6.42. The molecule has 1 fully saturated rings. The summed E-state index contributed by atoms with van der Waals surface area (Å²) in [6.45, 7) is 5.79. The van der Waals surface area contributed by atoms with Crippen molar-refractivity contribution in [3.8, 4) is 0 Å². The second-order valence-corrected chi connectivity index (χ2v) is 4.57. The Morgan fingerprint density at radius 2 is 2.33 bits per heavy atom. The van der Waals surface area contributed by atoms with Crippen molar-refractivity contribution >= 4 is 11.8 Å². The first-order valence-electron chi connectivity index (χ1n) is 6.42. The van der Waals surface area contributed by atoms with Gasteiger partial charge in [-0.1, -0.05) is 0 Å². The Hall–Kier alpha value is -1.65. The Balaban J connectivity index is 2.02. The van der Waals surface area contributed by atoms with Gasteiger partial charge in [-0.15, -0.1) is 5.10 Å². The number of rotatable bonds is 3. The van der Waals surface area contributed by atoms with Crippen LogP contribution in [0.25, 0.3) is 0 Å². The minimum Gasteiger partial charge on any atom is -0.466 e. The van der Waals surface area contributed by atoms with Crippen molar-refractivity contribution in [2.45, 2.75) is 26.7 Å². The zero-order chi connectivity index (χ0) is 13.0. The lowest BCUT2D eigenvalue weighted by Crippen LogP contribution is -2.39. The van der Waals surface area contributed by atoms with Gasteiger partial charge in [-0.3, -0.25) is 4.79 Å². The predicted octanol–water partition coefficient (Wildman–Crippen LogP) is 1.56. The van der Waals surface area contributed by atoms with Gasteiger partial charge in [0.2, 0.25) is 0 Å². The third kappa shape index (κ3) is 2.97. The molecule has 0 bridgehead atoms. The molecule has 0 radical (unpaired) electrons. The number of aromatic nitrogens is 2. The van der Waals surface area contributed by atoms with Gasteiger partial charge in [-0.25, -0.2) is 0 Å². The molecular weight excluding hydrogens is 230 g/mol. The average Bonchev–Trinajstić information content (AvgIpc) is 2.40. The smallest absolute Gasteiger partial charge is 0.310 e. The predicted molar refractivity (Wildman–Crippen MR) is 68.3 cm³/mol. The molecule has 1 aromatic heterocycles. The van der Waals surface area contributed by atoms with Gasteiger partial charge in [0.15, 0.2) is 5.82 Å². The van der Waals surface area contributed by atoms with Crippen LogP contribution in [0.3, 0.4) is 0 Å². The zero-order valence-corrected chi connectivity index (χ0v) is 10.9. The summed E-state index contributed by atoms with van der Waals surface area (Å²) in [6, 6.07) is 3.90. The van der Waals surface area contributed by atoms with Crippen LogP contribution >= 0.6 is 0 Å². The number of carbonyl (C=O) groups excluding carboxylic acids is 1. The maximum atomic E-state index is 11.7. The molecule has 0 aromatic carbocycles. The Kier molecular flexibility index (Phi) is 4.12. The van der Waals surface area contributed by atoms with E-state index in [0.29, 0.717) is 13.2 Å². The minimum atomic E-state index is -0.0951. The number of hydrogen-bond donors (Lipinski definition) is 0. The largest absolute Gasteiger partial charge is 0.466 e. The lowest BCUT2D eigenvalue weighted by Gasteiger charge is -2.31. The molecule has 0 saturated carbocycles. The topological polar surface area (TPSA) is 55.3 Å². The lowest BCUT2D eigenvalue weighted by atomic mass is 9.98. The molecule has 5 nitrogen and oxygen atoms in total. The number of nitrogens with zero attached hydrogens (tertiary/aromatic N) is 3. The van der Waals surface area contributed by atoms with E-state index in [4.69, 9.17) is 4.74 Å². The highest BCUT2D eigenvalue weighted by Gasteiger charge is 2.27. The van der Waals surface area contributed by atoms with E-state index >= 15 is 0 Å². The van der Waals surface area contributed by atoms with Crippen LogP contribution in [0.4, 0.5) is 5.82 Å². The number of esters is 1. The normalized spacial score (nSPS) is 19.7. The molecule has 1 aromatic rings. The summed E-state index contributed by atoms with van der Waals surface area (Å²) >= 11 is 0. The Morgan fingerprint density at radius 1 is 1.50 bits per heavy atom. The summed E-state index contributed by atoms with van der Waals surface area (Å²) in [7, 11) is 0. The van der Waals surface area contributed by atoms with Crippen molar-refractivity contribution in [1.82, 2.24) is 10.2 Å². The van der Waals surface area contributed by atoms with E-state index in [0.717, 1.165) is 30.9 Å². The molecule has 0 spiro atoms. The molecule has 1 unspecified atom stereocenters. The van der Waals surface area contributed by atoms with Crippen LogP contribution in [0.1, 0.15) is 25.5 Å². The molecule has 18 heavy (non-hydrogen) atoms. The van der Waals surface area contributed by atoms with Gasteiger partial charge in [-0.2, -0.15) is 5.10 Å². The highest BCUT2D eigenvalue weighted by Crippen LogP contribution is 2.22. The minimum absolute atomic E-state index is 0.0400. The van der Waals surface area contributed by atoms with E-state index in [9.17, 15) is 4.79 Å². The fraction of sp³-hybridized carbons (Fsp3) is 0.615. The third-order valence-corrected chi connectivity index (χ3v) is 3.15. The van der Waals surface area contributed by atoms with Crippen LogP contribution < -0.4 is 4.90 Å². The SMILES string of the molecule is CCOC(=O)C1CCCN(c2ccc(C)nn2)C1. The summed E-state index contributed by atoms with van der Waals surface area (Å²) in [6.07, 6.45) is 1.88. The van der Waals surface area contributed by atoms with E-state index in [2.05, 4.69) is 15.1 Å². The molecule has 0 aliphatic carbocycles. The van der Waals surface area contributed by atoms with Crippen molar-refractivity contribution in [2.24, 2.45) is 5.92 Å². The maximum absolute atomic E-state index is 11.7. The molecule has 0 amide bonds. The molecular formula is C13H19N3O2. The molecule has 1 aliphatic heterocycles. The van der Waals surface area contributed by atoms with Gasteiger partial charge >= 0.3 is 5.97 Å². The zero-order valence-electron chi connectivity index (χ0n) is 10.9. The van der Waals surface area contributed by atoms with E-state index < -0.39 is 0 Å². The van der Waals surface area contributed by atoms with Crippen LogP contribution in [-0.4, -0.2) is 35.9 Å². The maximum Gasteiger partial charge on any atom is 0.310 e. The lowest BCUT2D eigenvalue weighted by molar-refractivity contribution is -0.148. The number of piperidine rings is 1. The number of ether oxygens (including phenoxy) is 1. The number of aryl methyl sites for hydroxylation is 1. The first kappa shape index (κ1) is 12.8. The number of anilines is 1. The van der Waals surface area contributed by atoms with Gasteiger partial charge in [0.05, 0.1) is 18.2 Å². The summed E-state index contributed by atoms with van der Waals surface area (Å²) in [4.78, 5) is 13.9. The summed E-state index contributed by atoms with van der Waals surface area (Å²) in [5, 5.41) is 8.22. The van der Waals surface area contributed by atoms with Gasteiger partial charge < -0.3 is 9.64 Å².